The van der Waals surface area contributed by atoms with Crippen LogP contribution in [0.4, 0.5) is 4.39 Å². The number of rotatable bonds is 7. The van der Waals surface area contributed by atoms with Crippen molar-refractivity contribution in [1.29, 1.82) is 0 Å². The van der Waals surface area contributed by atoms with Crippen molar-refractivity contribution in [3.8, 4) is 5.75 Å². The van der Waals surface area contributed by atoms with Crippen molar-refractivity contribution in [3.05, 3.63) is 29.1 Å². The number of unbranched alkanes of at least 4 members (excludes halogenated alkanes) is 3. The van der Waals surface area contributed by atoms with Crippen LogP contribution in [-0.4, -0.2) is 6.61 Å². The lowest BCUT2D eigenvalue weighted by atomic mass is 10.1. The zero-order chi connectivity index (χ0) is 13.5. The summed E-state index contributed by atoms with van der Waals surface area (Å²) in [5.41, 5.74) is 7.18. The first-order valence-electron chi connectivity index (χ1n) is 6.74. The molecule has 0 heterocycles. The number of halogens is 1. The summed E-state index contributed by atoms with van der Waals surface area (Å²) in [7, 11) is 0. The van der Waals surface area contributed by atoms with Crippen LogP contribution in [0.1, 0.15) is 56.7 Å². The zero-order valence-corrected chi connectivity index (χ0v) is 11.6. The summed E-state index contributed by atoms with van der Waals surface area (Å²) >= 11 is 0. The molecule has 2 nitrogen and oxygen atoms in total. The van der Waals surface area contributed by atoms with Gasteiger partial charge in [0.05, 0.1) is 6.61 Å². The van der Waals surface area contributed by atoms with E-state index in [2.05, 4.69) is 6.92 Å². The van der Waals surface area contributed by atoms with Crippen LogP contribution in [0.5, 0.6) is 5.75 Å². The smallest absolute Gasteiger partial charge is 0.126 e. The average Bonchev–Trinajstić information content (AvgIpc) is 2.32. The van der Waals surface area contributed by atoms with Crippen molar-refractivity contribution < 1.29 is 9.13 Å². The quantitative estimate of drug-likeness (QED) is 0.742. The van der Waals surface area contributed by atoms with Crippen molar-refractivity contribution in [2.24, 2.45) is 5.73 Å². The van der Waals surface area contributed by atoms with Gasteiger partial charge in [0.2, 0.25) is 0 Å². The molecular formula is C15H24FNO. The molecule has 0 fully saturated rings. The SMILES string of the molecule is CCCCCCOc1cc(C)c(F)cc1C(C)N. The monoisotopic (exact) mass is 253 g/mol. The minimum atomic E-state index is -0.222. The van der Waals surface area contributed by atoms with Crippen molar-refractivity contribution in [2.75, 3.05) is 6.61 Å². The first-order chi connectivity index (χ1) is 8.56. The lowest BCUT2D eigenvalue weighted by Crippen LogP contribution is -2.10. The number of nitrogens with two attached hydrogens (primary N) is 1. The number of aryl methyl sites for hydroxylation is 1. The molecule has 2 N–H and O–H groups in total. The molecule has 1 unspecified atom stereocenters. The molecule has 0 saturated carbocycles. The van der Waals surface area contributed by atoms with Crippen LogP contribution < -0.4 is 10.5 Å². The van der Waals surface area contributed by atoms with Gasteiger partial charge in [0.1, 0.15) is 11.6 Å². The zero-order valence-electron chi connectivity index (χ0n) is 11.6. The Morgan fingerprint density at radius 3 is 2.61 bits per heavy atom. The van der Waals surface area contributed by atoms with Gasteiger partial charge >= 0.3 is 0 Å². The molecule has 0 bridgehead atoms. The van der Waals surface area contributed by atoms with Gasteiger partial charge in [-0.3, -0.25) is 0 Å². The Kier molecular flexibility index (Phi) is 6.13. The minimum absolute atomic E-state index is 0.217. The number of ether oxygens (including phenoxy) is 1. The van der Waals surface area contributed by atoms with Gasteiger partial charge in [0, 0.05) is 11.6 Å². The fourth-order valence-electron chi connectivity index (χ4n) is 1.86. The maximum atomic E-state index is 13.5. The molecule has 18 heavy (non-hydrogen) atoms. The third-order valence-corrected chi connectivity index (χ3v) is 3.04. The molecule has 0 aliphatic carbocycles. The summed E-state index contributed by atoms with van der Waals surface area (Å²) in [5.74, 6) is 0.501. The van der Waals surface area contributed by atoms with E-state index in [1.54, 1.807) is 13.0 Å². The fraction of sp³-hybridized carbons (Fsp3) is 0.600. The second-order valence-corrected chi connectivity index (χ2v) is 4.84. The van der Waals surface area contributed by atoms with Crippen LogP contribution in [0.3, 0.4) is 0 Å². The van der Waals surface area contributed by atoms with Gasteiger partial charge in [-0.2, -0.15) is 0 Å². The van der Waals surface area contributed by atoms with E-state index in [-0.39, 0.29) is 11.9 Å². The van der Waals surface area contributed by atoms with E-state index in [1.807, 2.05) is 6.92 Å². The van der Waals surface area contributed by atoms with Gasteiger partial charge in [-0.25, -0.2) is 4.39 Å². The van der Waals surface area contributed by atoms with Gasteiger partial charge in [-0.15, -0.1) is 0 Å². The molecule has 0 aliphatic heterocycles. The molecule has 0 radical (unpaired) electrons. The Morgan fingerprint density at radius 1 is 1.28 bits per heavy atom. The van der Waals surface area contributed by atoms with E-state index in [4.69, 9.17) is 10.5 Å². The van der Waals surface area contributed by atoms with Crippen LogP contribution in [0.25, 0.3) is 0 Å². The largest absolute Gasteiger partial charge is 0.493 e. The molecule has 1 atom stereocenters. The van der Waals surface area contributed by atoms with E-state index in [0.717, 1.165) is 17.7 Å². The number of hydrogen-bond acceptors (Lipinski definition) is 2. The Bertz CT molecular complexity index is 377. The molecule has 0 aromatic heterocycles. The predicted octanol–water partition coefficient (Wildman–Crippen LogP) is 4.11. The lowest BCUT2D eigenvalue weighted by Gasteiger charge is -2.15. The second kappa shape index (κ2) is 7.37. The highest BCUT2D eigenvalue weighted by molar-refractivity contribution is 5.39. The molecule has 0 aliphatic rings. The Balaban J connectivity index is 2.65. The van der Waals surface area contributed by atoms with Crippen LogP contribution in [0, 0.1) is 12.7 Å². The van der Waals surface area contributed by atoms with E-state index in [9.17, 15) is 4.39 Å². The summed E-state index contributed by atoms with van der Waals surface area (Å²) in [6.45, 7) is 6.43. The lowest BCUT2D eigenvalue weighted by molar-refractivity contribution is 0.300. The highest BCUT2D eigenvalue weighted by Crippen LogP contribution is 2.27. The summed E-state index contributed by atoms with van der Waals surface area (Å²) < 4.78 is 19.2. The molecule has 102 valence electrons. The standard InChI is InChI=1S/C15H24FNO/c1-4-5-6-7-8-18-15-9-11(2)14(16)10-13(15)12(3)17/h9-10,12H,4-8,17H2,1-3H3. The van der Waals surface area contributed by atoms with Crippen molar-refractivity contribution in [2.45, 2.75) is 52.5 Å². The van der Waals surface area contributed by atoms with E-state index >= 15 is 0 Å². The van der Waals surface area contributed by atoms with Crippen LogP contribution >= 0.6 is 0 Å². The highest BCUT2D eigenvalue weighted by atomic mass is 19.1. The van der Waals surface area contributed by atoms with Crippen molar-refractivity contribution in [3.63, 3.8) is 0 Å². The van der Waals surface area contributed by atoms with Crippen LogP contribution in [0.15, 0.2) is 12.1 Å². The molecule has 0 amide bonds. The first kappa shape index (κ1) is 15.0. The first-order valence-corrected chi connectivity index (χ1v) is 6.74. The van der Waals surface area contributed by atoms with Crippen LogP contribution in [0.2, 0.25) is 0 Å². The molecule has 0 saturated heterocycles. The van der Waals surface area contributed by atoms with Gasteiger partial charge in [-0.1, -0.05) is 26.2 Å². The summed E-state index contributed by atoms with van der Waals surface area (Å²) in [6.07, 6.45) is 4.64. The summed E-state index contributed by atoms with van der Waals surface area (Å²) in [5, 5.41) is 0. The van der Waals surface area contributed by atoms with Gasteiger partial charge in [0.15, 0.2) is 0 Å². The second-order valence-electron chi connectivity index (χ2n) is 4.84. The minimum Gasteiger partial charge on any atom is -0.493 e. The maximum absolute atomic E-state index is 13.5. The third kappa shape index (κ3) is 4.30. The molecule has 1 aromatic rings. The van der Waals surface area contributed by atoms with Gasteiger partial charge < -0.3 is 10.5 Å². The number of hydrogen-bond donors (Lipinski definition) is 1. The predicted molar refractivity (Wildman–Crippen MR) is 73.4 cm³/mol. The van der Waals surface area contributed by atoms with E-state index < -0.39 is 0 Å². The summed E-state index contributed by atoms with van der Waals surface area (Å²) in [4.78, 5) is 0. The topological polar surface area (TPSA) is 35.2 Å². The Hall–Kier alpha value is -1.09. The molecular weight excluding hydrogens is 229 g/mol. The Morgan fingerprint density at radius 2 is 2.00 bits per heavy atom. The van der Waals surface area contributed by atoms with Gasteiger partial charge in [-0.05, 0) is 38.0 Å². The number of benzene rings is 1. The maximum Gasteiger partial charge on any atom is 0.126 e. The van der Waals surface area contributed by atoms with E-state index in [0.29, 0.717) is 12.2 Å². The third-order valence-electron chi connectivity index (χ3n) is 3.04. The average molecular weight is 253 g/mol. The molecule has 0 spiro atoms. The fourth-order valence-corrected chi connectivity index (χ4v) is 1.86. The van der Waals surface area contributed by atoms with E-state index in [1.165, 1.54) is 25.3 Å². The van der Waals surface area contributed by atoms with Crippen LogP contribution in [-0.2, 0) is 0 Å². The van der Waals surface area contributed by atoms with Crippen molar-refractivity contribution >= 4 is 0 Å². The molecule has 1 aromatic carbocycles. The van der Waals surface area contributed by atoms with Crippen molar-refractivity contribution in [1.82, 2.24) is 0 Å². The molecule has 1 rings (SSSR count). The summed E-state index contributed by atoms with van der Waals surface area (Å²) in [6, 6.07) is 3.01. The molecule has 3 heteroatoms. The normalized spacial score (nSPS) is 12.5. The Labute approximate surface area is 109 Å². The van der Waals surface area contributed by atoms with Gasteiger partial charge in [0.25, 0.3) is 0 Å². The highest BCUT2D eigenvalue weighted by Gasteiger charge is 2.11.